The van der Waals surface area contributed by atoms with E-state index in [0.29, 0.717) is 24.6 Å². The first-order valence-electron chi connectivity index (χ1n) is 9.39. The smallest absolute Gasteiger partial charge is 0.531 e. The highest BCUT2D eigenvalue weighted by molar-refractivity contribution is 6.52. The van der Waals surface area contributed by atoms with Crippen LogP contribution in [0.4, 0.5) is 0 Å². The number of hydrogen-bond donors (Lipinski definition) is 2. The number of amides is 1. The second-order valence-electron chi connectivity index (χ2n) is 7.33. The van der Waals surface area contributed by atoms with E-state index in [2.05, 4.69) is 16.9 Å². The molecule has 0 aliphatic carbocycles. The Kier molecular flexibility index (Phi) is 4.48. The monoisotopic (exact) mass is 353 g/mol. The fourth-order valence-electron chi connectivity index (χ4n) is 4.16. The largest absolute Gasteiger partial charge is 0.552 e. The lowest BCUT2D eigenvalue weighted by atomic mass is 9.71. The molecule has 136 valence electrons. The summed E-state index contributed by atoms with van der Waals surface area (Å²) in [5.74, 6) is 3.21. The predicted octanol–water partition coefficient (Wildman–Crippen LogP) is 2.64. The van der Waals surface area contributed by atoms with Crippen molar-refractivity contribution < 1.29 is 14.5 Å². The molecule has 0 spiro atoms. The van der Waals surface area contributed by atoms with Gasteiger partial charge in [-0.25, -0.2) is 4.98 Å². The van der Waals surface area contributed by atoms with E-state index in [1.165, 1.54) is 0 Å². The van der Waals surface area contributed by atoms with Crippen LogP contribution in [0.5, 0.6) is 5.75 Å². The molecule has 2 aliphatic rings. The van der Waals surface area contributed by atoms with Gasteiger partial charge >= 0.3 is 7.12 Å². The standard InChI is InChI=1S/C19H24BN3O3/c1-3-4-17(24)23-8-6-12(2)15(11-23)14-9-20(25)26-16-10-22-19-13(18(14)16)5-7-21-19/h5,7,9-10,12,15,25H,3-4,6,8,11H2,1-2H3,(H,21,22)/t12?,15-/m1/s1. The number of nitrogens with zero attached hydrogens (tertiary/aromatic N) is 2. The van der Waals surface area contributed by atoms with Crippen molar-refractivity contribution in [2.24, 2.45) is 11.8 Å². The second kappa shape index (κ2) is 6.80. The summed E-state index contributed by atoms with van der Waals surface area (Å²) in [5, 5.41) is 11.2. The Hall–Kier alpha value is -2.28. The number of fused-ring (bicyclic) bond motifs is 3. The number of carbonyl (C=O) groups is 1. The maximum atomic E-state index is 12.4. The third-order valence-corrected chi connectivity index (χ3v) is 5.58. The first kappa shape index (κ1) is 17.2. The first-order chi connectivity index (χ1) is 12.6. The van der Waals surface area contributed by atoms with Crippen molar-refractivity contribution in [1.82, 2.24) is 14.9 Å². The molecule has 1 amide bonds. The highest BCUT2D eigenvalue weighted by Crippen LogP contribution is 2.43. The molecule has 2 atom stereocenters. The molecule has 26 heavy (non-hydrogen) atoms. The molecule has 0 radical (unpaired) electrons. The van der Waals surface area contributed by atoms with Gasteiger partial charge in [-0.15, -0.1) is 0 Å². The summed E-state index contributed by atoms with van der Waals surface area (Å²) in [6, 6.07) is 1.99. The van der Waals surface area contributed by atoms with Gasteiger partial charge in [-0.3, -0.25) is 4.79 Å². The van der Waals surface area contributed by atoms with Crippen molar-refractivity contribution in [1.29, 1.82) is 0 Å². The number of nitrogens with one attached hydrogen (secondary N) is 1. The Balaban J connectivity index is 1.74. The van der Waals surface area contributed by atoms with Crippen molar-refractivity contribution >= 4 is 29.6 Å². The van der Waals surface area contributed by atoms with Crippen molar-refractivity contribution in [3.8, 4) is 5.75 Å². The molecule has 6 nitrogen and oxygen atoms in total. The van der Waals surface area contributed by atoms with Gasteiger partial charge in [0.2, 0.25) is 5.91 Å². The SMILES string of the molecule is CCCC(=O)N1CCC(C)[C@H](C2=CB(O)Oc3cnc4[nH]ccc4c32)C1. The van der Waals surface area contributed by atoms with Gasteiger partial charge in [0.05, 0.1) is 6.20 Å². The Bertz CT molecular complexity index is 863. The van der Waals surface area contributed by atoms with E-state index in [1.807, 2.05) is 24.1 Å². The minimum atomic E-state index is -0.982. The minimum absolute atomic E-state index is 0.169. The number of aromatic nitrogens is 2. The molecule has 1 saturated heterocycles. The topological polar surface area (TPSA) is 78.5 Å². The van der Waals surface area contributed by atoms with Gasteiger partial charge in [0.15, 0.2) is 0 Å². The number of H-pyrrole nitrogens is 1. The van der Waals surface area contributed by atoms with E-state index in [4.69, 9.17) is 4.65 Å². The number of hydrogen-bond acceptors (Lipinski definition) is 4. The molecule has 1 unspecified atom stereocenters. The van der Waals surface area contributed by atoms with Gasteiger partial charge in [-0.2, -0.15) is 0 Å². The van der Waals surface area contributed by atoms with Crippen molar-refractivity contribution in [3.05, 3.63) is 30.0 Å². The van der Waals surface area contributed by atoms with Gasteiger partial charge < -0.3 is 19.6 Å². The number of carbonyl (C=O) groups excluding carboxylic acids is 1. The van der Waals surface area contributed by atoms with Crippen LogP contribution in [0, 0.1) is 11.8 Å². The van der Waals surface area contributed by atoms with Gasteiger partial charge in [-0.05, 0) is 36.4 Å². The molecule has 4 rings (SSSR count). The average Bonchev–Trinajstić information content (AvgIpc) is 3.10. The molecule has 0 bridgehead atoms. The van der Waals surface area contributed by atoms with Crippen LogP contribution in [0.25, 0.3) is 16.6 Å². The number of likely N-dealkylation sites (tertiary alicyclic amines) is 1. The maximum Gasteiger partial charge on any atom is 0.552 e. The zero-order chi connectivity index (χ0) is 18.3. The molecule has 2 aromatic heterocycles. The van der Waals surface area contributed by atoms with Gasteiger partial charge in [0.25, 0.3) is 0 Å². The summed E-state index contributed by atoms with van der Waals surface area (Å²) in [6.07, 6.45) is 5.95. The third kappa shape index (κ3) is 2.90. The van der Waals surface area contributed by atoms with E-state index in [9.17, 15) is 9.82 Å². The van der Waals surface area contributed by atoms with Crippen LogP contribution in [0.1, 0.15) is 38.7 Å². The van der Waals surface area contributed by atoms with Gasteiger partial charge in [0, 0.05) is 42.6 Å². The Morgan fingerprint density at radius 2 is 2.38 bits per heavy atom. The maximum absolute atomic E-state index is 12.4. The fourth-order valence-corrected chi connectivity index (χ4v) is 4.16. The Morgan fingerprint density at radius 1 is 1.54 bits per heavy atom. The van der Waals surface area contributed by atoms with E-state index >= 15 is 0 Å². The molecule has 1 fully saturated rings. The van der Waals surface area contributed by atoms with Crippen LogP contribution in [-0.4, -0.2) is 46.0 Å². The Morgan fingerprint density at radius 3 is 3.19 bits per heavy atom. The summed E-state index contributed by atoms with van der Waals surface area (Å²) in [4.78, 5) is 21.9. The predicted molar refractivity (Wildman–Crippen MR) is 101 cm³/mol. The molecule has 4 heterocycles. The highest BCUT2D eigenvalue weighted by Gasteiger charge is 2.36. The van der Waals surface area contributed by atoms with E-state index in [1.54, 1.807) is 12.2 Å². The number of rotatable bonds is 3. The summed E-state index contributed by atoms with van der Waals surface area (Å²) < 4.78 is 5.60. The number of pyridine rings is 1. The molecule has 2 N–H and O–H groups in total. The summed E-state index contributed by atoms with van der Waals surface area (Å²) >= 11 is 0. The van der Waals surface area contributed by atoms with Crippen molar-refractivity contribution in [3.63, 3.8) is 0 Å². The van der Waals surface area contributed by atoms with Gasteiger partial charge in [-0.1, -0.05) is 13.8 Å². The van der Waals surface area contributed by atoms with Gasteiger partial charge in [0.1, 0.15) is 11.4 Å². The quantitative estimate of drug-likeness (QED) is 0.832. The molecular formula is C19H24BN3O3. The van der Waals surface area contributed by atoms with E-state index < -0.39 is 7.12 Å². The van der Waals surface area contributed by atoms with E-state index in [0.717, 1.165) is 41.6 Å². The average molecular weight is 353 g/mol. The molecular weight excluding hydrogens is 329 g/mol. The fraction of sp³-hybridized carbons (Fsp3) is 0.474. The van der Waals surface area contributed by atoms with E-state index in [-0.39, 0.29) is 11.8 Å². The van der Waals surface area contributed by atoms with Crippen LogP contribution in [0.15, 0.2) is 24.4 Å². The second-order valence-corrected chi connectivity index (χ2v) is 7.33. The summed E-state index contributed by atoms with van der Waals surface area (Å²) in [7, 11) is -0.982. The molecule has 2 aromatic rings. The zero-order valence-electron chi connectivity index (χ0n) is 15.2. The lowest BCUT2D eigenvalue weighted by molar-refractivity contribution is -0.133. The Labute approximate surface area is 153 Å². The summed E-state index contributed by atoms with van der Waals surface area (Å²) in [5.41, 5.74) is 2.85. The van der Waals surface area contributed by atoms with Crippen LogP contribution in [-0.2, 0) is 4.79 Å². The molecule has 2 aliphatic heterocycles. The van der Waals surface area contributed by atoms with Crippen LogP contribution in [0.3, 0.4) is 0 Å². The van der Waals surface area contributed by atoms with Crippen LogP contribution in [0.2, 0.25) is 0 Å². The highest BCUT2D eigenvalue weighted by atomic mass is 16.5. The minimum Gasteiger partial charge on any atom is -0.531 e. The van der Waals surface area contributed by atoms with Crippen LogP contribution >= 0.6 is 0 Å². The lowest BCUT2D eigenvalue weighted by Crippen LogP contribution is -2.44. The first-order valence-corrected chi connectivity index (χ1v) is 9.39. The summed E-state index contributed by atoms with van der Waals surface area (Å²) in [6.45, 7) is 5.76. The molecule has 0 aromatic carbocycles. The number of aromatic amines is 1. The van der Waals surface area contributed by atoms with Crippen molar-refractivity contribution in [2.75, 3.05) is 13.1 Å². The zero-order valence-corrected chi connectivity index (χ0v) is 15.2. The normalized spacial score (nSPS) is 22.8. The lowest BCUT2D eigenvalue weighted by Gasteiger charge is -2.40. The van der Waals surface area contributed by atoms with Crippen molar-refractivity contribution in [2.45, 2.75) is 33.1 Å². The third-order valence-electron chi connectivity index (χ3n) is 5.58. The molecule has 0 saturated carbocycles. The number of piperidine rings is 1. The molecule has 7 heteroatoms. The van der Waals surface area contributed by atoms with Crippen LogP contribution < -0.4 is 4.65 Å².